The molecule has 9 nitrogen and oxygen atoms in total. The lowest BCUT2D eigenvalue weighted by atomic mass is 9.80. The number of benzene rings is 1. The van der Waals surface area contributed by atoms with Crippen LogP contribution >= 0.6 is 11.3 Å². The Morgan fingerprint density at radius 3 is 2.54 bits per heavy atom. The van der Waals surface area contributed by atoms with Gasteiger partial charge < -0.3 is 24.8 Å². The van der Waals surface area contributed by atoms with Gasteiger partial charge in [0.1, 0.15) is 18.7 Å². The standard InChI is InChI=1S/C29H39N5O4S/c1-6-29(3,4)25(27(37)34-15-18(2)24-23(34)22(35)16-38-24)31-26(36)20-9-7-19(8-10-20)21-17-39-28(30-21)33-13-11-32(5)12-14-33/h7-10,17-18,23-25H,6,11-16H2,1-5H3,(H,31,36)/t18-,23+,24+,25+/m0/s1. The largest absolute Gasteiger partial charge is 0.367 e. The van der Waals surface area contributed by atoms with Crippen LogP contribution < -0.4 is 10.2 Å². The normalized spacial score (nSPS) is 24.6. The Morgan fingerprint density at radius 2 is 1.87 bits per heavy atom. The summed E-state index contributed by atoms with van der Waals surface area (Å²) in [5.74, 6) is -0.522. The molecule has 3 saturated heterocycles. The van der Waals surface area contributed by atoms with Gasteiger partial charge in [-0.25, -0.2) is 4.98 Å². The molecule has 1 aromatic carbocycles. The molecule has 3 aliphatic rings. The Labute approximate surface area is 234 Å². The van der Waals surface area contributed by atoms with Gasteiger partial charge in [0.05, 0.1) is 11.8 Å². The summed E-state index contributed by atoms with van der Waals surface area (Å²) in [6, 6.07) is 6.04. The number of likely N-dealkylation sites (N-methyl/N-ethyl adjacent to an activating group) is 1. The van der Waals surface area contributed by atoms with E-state index in [2.05, 4.69) is 27.5 Å². The van der Waals surface area contributed by atoms with E-state index in [1.807, 2.05) is 39.8 Å². The summed E-state index contributed by atoms with van der Waals surface area (Å²) in [6.07, 6.45) is 0.418. The third kappa shape index (κ3) is 5.47. The number of nitrogens with zero attached hydrogens (tertiary/aromatic N) is 4. The topological polar surface area (TPSA) is 95.1 Å². The second-order valence-corrected chi connectivity index (χ2v) is 12.6. The highest BCUT2D eigenvalue weighted by atomic mass is 32.1. The molecule has 0 unspecified atom stereocenters. The number of hydrogen-bond donors (Lipinski definition) is 1. The number of thiazole rings is 1. The first kappa shape index (κ1) is 27.7. The van der Waals surface area contributed by atoms with Crippen LogP contribution in [0.25, 0.3) is 11.3 Å². The highest BCUT2D eigenvalue weighted by molar-refractivity contribution is 7.14. The molecule has 1 N–H and O–H groups in total. The van der Waals surface area contributed by atoms with Gasteiger partial charge in [0, 0.05) is 55.1 Å². The number of ketones is 1. The van der Waals surface area contributed by atoms with Crippen molar-refractivity contribution in [2.45, 2.75) is 52.3 Å². The molecule has 0 radical (unpaired) electrons. The number of ether oxygens (including phenoxy) is 1. The summed E-state index contributed by atoms with van der Waals surface area (Å²) in [5, 5.41) is 6.09. The molecule has 5 rings (SSSR count). The fourth-order valence-electron chi connectivity index (χ4n) is 5.63. The van der Waals surface area contributed by atoms with Crippen LogP contribution in [0.2, 0.25) is 0 Å². The zero-order valence-corrected chi connectivity index (χ0v) is 24.3. The van der Waals surface area contributed by atoms with E-state index in [0.29, 0.717) is 18.5 Å². The van der Waals surface area contributed by atoms with Crippen molar-refractivity contribution < 1.29 is 19.1 Å². The molecule has 2 aromatic rings. The molecule has 39 heavy (non-hydrogen) atoms. The van der Waals surface area contributed by atoms with Crippen molar-refractivity contribution in [3.63, 3.8) is 0 Å². The molecule has 3 aliphatic heterocycles. The fraction of sp³-hybridized carbons (Fsp3) is 0.586. The number of Topliss-reactive ketones (excluding diaryl/α,β-unsaturated/α-hetero) is 1. The average Bonchev–Trinajstić information content (AvgIpc) is 3.65. The smallest absolute Gasteiger partial charge is 0.251 e. The Kier molecular flexibility index (Phi) is 7.81. The van der Waals surface area contributed by atoms with Crippen LogP contribution in [0.4, 0.5) is 5.13 Å². The maximum atomic E-state index is 13.8. The van der Waals surface area contributed by atoms with Gasteiger partial charge in [-0.05, 0) is 31.0 Å². The molecular formula is C29H39N5O4S. The minimum absolute atomic E-state index is 0.0415. The predicted octanol–water partition coefficient (Wildman–Crippen LogP) is 2.91. The molecule has 10 heteroatoms. The van der Waals surface area contributed by atoms with Crippen LogP contribution in [0.3, 0.4) is 0 Å². The summed E-state index contributed by atoms with van der Waals surface area (Å²) in [7, 11) is 2.14. The maximum Gasteiger partial charge on any atom is 0.251 e. The van der Waals surface area contributed by atoms with E-state index in [0.717, 1.165) is 42.6 Å². The number of carbonyl (C=O) groups is 3. The molecule has 0 saturated carbocycles. The van der Waals surface area contributed by atoms with Gasteiger partial charge >= 0.3 is 0 Å². The lowest BCUT2D eigenvalue weighted by molar-refractivity contribution is -0.140. The summed E-state index contributed by atoms with van der Waals surface area (Å²) in [4.78, 5) is 50.9. The number of nitrogens with one attached hydrogen (secondary N) is 1. The van der Waals surface area contributed by atoms with Gasteiger partial charge in [-0.15, -0.1) is 11.3 Å². The molecule has 0 aliphatic carbocycles. The molecular weight excluding hydrogens is 514 g/mol. The van der Waals surface area contributed by atoms with Crippen LogP contribution in [0.1, 0.15) is 44.5 Å². The average molecular weight is 554 g/mol. The Balaban J connectivity index is 1.29. The van der Waals surface area contributed by atoms with Gasteiger partial charge in [0.15, 0.2) is 10.9 Å². The quantitative estimate of drug-likeness (QED) is 0.563. The molecule has 210 valence electrons. The lowest BCUT2D eigenvalue weighted by Crippen LogP contribution is -2.57. The Morgan fingerprint density at radius 1 is 1.18 bits per heavy atom. The monoisotopic (exact) mass is 553 g/mol. The van der Waals surface area contributed by atoms with Gasteiger partial charge in [0.25, 0.3) is 5.91 Å². The number of aromatic nitrogens is 1. The number of likely N-dealkylation sites (tertiary alicyclic amines) is 1. The van der Waals surface area contributed by atoms with Crippen molar-refractivity contribution in [3.8, 4) is 11.3 Å². The van der Waals surface area contributed by atoms with Crippen molar-refractivity contribution in [2.24, 2.45) is 11.3 Å². The van der Waals surface area contributed by atoms with Crippen molar-refractivity contribution in [1.29, 1.82) is 0 Å². The van der Waals surface area contributed by atoms with E-state index < -0.39 is 17.5 Å². The number of carbonyl (C=O) groups excluding carboxylic acids is 3. The molecule has 3 fully saturated rings. The van der Waals surface area contributed by atoms with Crippen molar-refractivity contribution in [2.75, 3.05) is 51.3 Å². The van der Waals surface area contributed by atoms with Crippen LogP contribution in [-0.2, 0) is 14.3 Å². The molecule has 0 spiro atoms. The third-order valence-corrected chi connectivity index (χ3v) is 9.55. The van der Waals surface area contributed by atoms with E-state index in [9.17, 15) is 14.4 Å². The molecule has 2 amide bonds. The summed E-state index contributed by atoms with van der Waals surface area (Å²) >= 11 is 1.64. The van der Waals surface area contributed by atoms with E-state index in [1.165, 1.54) is 0 Å². The van der Waals surface area contributed by atoms with Crippen molar-refractivity contribution in [1.82, 2.24) is 20.1 Å². The number of amides is 2. The fourth-order valence-corrected chi connectivity index (χ4v) is 6.52. The predicted molar refractivity (Wildman–Crippen MR) is 152 cm³/mol. The van der Waals surface area contributed by atoms with Crippen LogP contribution in [0.15, 0.2) is 29.6 Å². The highest BCUT2D eigenvalue weighted by Gasteiger charge is 2.53. The number of piperazine rings is 1. The van der Waals surface area contributed by atoms with Gasteiger partial charge in [0.2, 0.25) is 5.91 Å². The summed E-state index contributed by atoms with van der Waals surface area (Å²) in [6.45, 7) is 12.4. The SMILES string of the molecule is CCC(C)(C)[C@H](NC(=O)c1ccc(-c2csc(N3CCN(C)CC3)n2)cc1)C(=O)N1C[C@H](C)[C@H]2OCC(=O)[C@H]21. The zero-order valence-electron chi connectivity index (χ0n) is 23.5. The number of anilines is 1. The minimum Gasteiger partial charge on any atom is -0.367 e. The van der Waals surface area contributed by atoms with Crippen LogP contribution in [0.5, 0.6) is 0 Å². The van der Waals surface area contributed by atoms with Gasteiger partial charge in [-0.2, -0.15) is 0 Å². The molecule has 0 bridgehead atoms. The highest BCUT2D eigenvalue weighted by Crippen LogP contribution is 2.35. The third-order valence-electron chi connectivity index (χ3n) is 8.65. The van der Waals surface area contributed by atoms with Gasteiger partial charge in [-0.3, -0.25) is 14.4 Å². The summed E-state index contributed by atoms with van der Waals surface area (Å²) < 4.78 is 5.67. The van der Waals surface area contributed by atoms with Crippen molar-refractivity contribution in [3.05, 3.63) is 35.2 Å². The van der Waals surface area contributed by atoms with E-state index in [-0.39, 0.29) is 36.2 Å². The second kappa shape index (κ2) is 11.0. The van der Waals surface area contributed by atoms with E-state index >= 15 is 0 Å². The van der Waals surface area contributed by atoms with Crippen LogP contribution in [0, 0.1) is 11.3 Å². The Bertz CT molecular complexity index is 1220. The number of rotatable bonds is 7. The molecule has 1 aromatic heterocycles. The first-order chi connectivity index (χ1) is 18.6. The zero-order chi connectivity index (χ0) is 27.9. The molecule has 4 heterocycles. The van der Waals surface area contributed by atoms with E-state index in [1.54, 1.807) is 28.4 Å². The minimum atomic E-state index is -0.765. The maximum absolute atomic E-state index is 13.8. The Hall–Kier alpha value is -2.82. The number of fused-ring (bicyclic) bond motifs is 1. The van der Waals surface area contributed by atoms with Crippen LogP contribution in [-0.4, -0.2) is 96.9 Å². The second-order valence-electron chi connectivity index (χ2n) is 11.8. The lowest BCUT2D eigenvalue weighted by Gasteiger charge is -2.36. The first-order valence-corrected chi connectivity index (χ1v) is 14.7. The van der Waals surface area contributed by atoms with Gasteiger partial charge in [-0.1, -0.05) is 39.8 Å². The first-order valence-electron chi connectivity index (χ1n) is 13.8. The molecule has 4 atom stereocenters. The van der Waals surface area contributed by atoms with Crippen molar-refractivity contribution >= 4 is 34.1 Å². The van der Waals surface area contributed by atoms with E-state index in [4.69, 9.17) is 9.72 Å². The number of hydrogen-bond acceptors (Lipinski definition) is 8. The summed E-state index contributed by atoms with van der Waals surface area (Å²) in [5.41, 5.74) is 1.81.